The Morgan fingerprint density at radius 2 is 2.27 bits per heavy atom. The van der Waals surface area contributed by atoms with Gasteiger partial charge in [-0.05, 0) is 46.3 Å². The van der Waals surface area contributed by atoms with Crippen molar-refractivity contribution in [1.29, 1.82) is 0 Å². The van der Waals surface area contributed by atoms with Crippen LogP contribution in [0.25, 0.3) is 0 Å². The topological polar surface area (TPSA) is 44.4 Å². The maximum Gasteiger partial charge on any atom is 0.234 e. The van der Waals surface area contributed by atoms with Crippen LogP contribution in [0.1, 0.15) is 20.3 Å². The van der Waals surface area contributed by atoms with Crippen LogP contribution >= 0.6 is 0 Å². The minimum atomic E-state index is 0.148. The van der Waals surface area contributed by atoms with Crippen LogP contribution in [0.15, 0.2) is 0 Å². The highest BCUT2D eigenvalue weighted by atomic mass is 16.2. The van der Waals surface area contributed by atoms with E-state index >= 15 is 0 Å². The maximum atomic E-state index is 11.5. The van der Waals surface area contributed by atoms with E-state index < -0.39 is 0 Å². The quantitative estimate of drug-likeness (QED) is 0.678. The minimum Gasteiger partial charge on any atom is -0.353 e. The molecule has 4 nitrogen and oxygen atoms in total. The average Bonchev–Trinajstić information content (AvgIpc) is 2.51. The number of hydrogen-bond acceptors (Lipinski definition) is 3. The molecular weight excluding hydrogens is 190 g/mol. The second kappa shape index (κ2) is 6.08. The fourth-order valence-electron chi connectivity index (χ4n) is 2.08. The lowest BCUT2D eigenvalue weighted by molar-refractivity contribution is -0.122. The molecule has 1 saturated heterocycles. The van der Waals surface area contributed by atoms with Gasteiger partial charge in [0.2, 0.25) is 5.91 Å². The van der Waals surface area contributed by atoms with Gasteiger partial charge in [-0.25, -0.2) is 0 Å². The molecule has 1 aliphatic rings. The summed E-state index contributed by atoms with van der Waals surface area (Å²) in [5.41, 5.74) is 0. The molecule has 88 valence electrons. The molecule has 0 radical (unpaired) electrons. The Labute approximate surface area is 92.4 Å². The van der Waals surface area contributed by atoms with Gasteiger partial charge in [0.05, 0.1) is 6.54 Å². The van der Waals surface area contributed by atoms with Crippen molar-refractivity contribution in [3.8, 4) is 0 Å². The predicted octanol–water partition coefficient (Wildman–Crippen LogP) is 0.0523. The third kappa shape index (κ3) is 4.62. The monoisotopic (exact) mass is 213 g/mol. The first-order valence-corrected chi connectivity index (χ1v) is 5.78. The Balaban J connectivity index is 2.20. The molecule has 0 bridgehead atoms. The molecule has 1 fully saturated rings. The van der Waals surface area contributed by atoms with Crippen LogP contribution in [0.2, 0.25) is 0 Å². The van der Waals surface area contributed by atoms with Gasteiger partial charge in [0, 0.05) is 12.6 Å². The van der Waals surface area contributed by atoms with Crippen molar-refractivity contribution >= 4 is 5.91 Å². The Morgan fingerprint density at radius 1 is 1.53 bits per heavy atom. The lowest BCUT2D eigenvalue weighted by Gasteiger charge is -2.16. The van der Waals surface area contributed by atoms with E-state index in [9.17, 15) is 4.79 Å². The Bertz CT molecular complexity index is 206. The molecule has 0 aromatic carbocycles. The molecule has 1 amide bonds. The molecule has 0 aromatic heterocycles. The van der Waals surface area contributed by atoms with Gasteiger partial charge >= 0.3 is 0 Å². The van der Waals surface area contributed by atoms with E-state index in [1.165, 1.54) is 6.42 Å². The Kier molecular flexibility index (Phi) is 5.05. The van der Waals surface area contributed by atoms with Crippen LogP contribution < -0.4 is 10.6 Å². The molecular formula is C11H23N3O. The number of rotatable bonds is 5. The molecule has 15 heavy (non-hydrogen) atoms. The van der Waals surface area contributed by atoms with Crippen molar-refractivity contribution in [2.24, 2.45) is 5.92 Å². The van der Waals surface area contributed by atoms with Gasteiger partial charge in [-0.15, -0.1) is 0 Å². The fraction of sp³-hybridized carbons (Fsp3) is 0.909. The van der Waals surface area contributed by atoms with Crippen LogP contribution in [-0.4, -0.2) is 50.1 Å². The predicted molar refractivity (Wildman–Crippen MR) is 61.8 cm³/mol. The number of nitrogens with zero attached hydrogens (tertiary/aromatic N) is 1. The summed E-state index contributed by atoms with van der Waals surface area (Å²) in [5, 5.41) is 6.11. The molecule has 2 N–H and O–H groups in total. The zero-order chi connectivity index (χ0) is 11.3. The lowest BCUT2D eigenvalue weighted by Crippen LogP contribution is -2.39. The van der Waals surface area contributed by atoms with Gasteiger partial charge < -0.3 is 10.6 Å². The molecule has 1 atom stereocenters. The zero-order valence-electron chi connectivity index (χ0n) is 10.0. The Hall–Kier alpha value is -0.610. The van der Waals surface area contributed by atoms with Crippen molar-refractivity contribution in [3.63, 3.8) is 0 Å². The van der Waals surface area contributed by atoms with Gasteiger partial charge in [-0.1, -0.05) is 0 Å². The SMILES string of the molecule is CNCC1CCN(CC(=O)NC(C)C)C1. The summed E-state index contributed by atoms with van der Waals surface area (Å²) in [5.74, 6) is 0.858. The van der Waals surface area contributed by atoms with Crippen molar-refractivity contribution in [2.75, 3.05) is 33.2 Å². The molecule has 0 aliphatic carbocycles. The largest absolute Gasteiger partial charge is 0.353 e. The van der Waals surface area contributed by atoms with E-state index in [2.05, 4.69) is 15.5 Å². The number of amides is 1. The molecule has 1 unspecified atom stereocenters. The first kappa shape index (κ1) is 12.5. The summed E-state index contributed by atoms with van der Waals surface area (Å²) in [6, 6.07) is 0.244. The Morgan fingerprint density at radius 3 is 2.87 bits per heavy atom. The number of nitrogens with one attached hydrogen (secondary N) is 2. The van der Waals surface area contributed by atoms with Crippen LogP contribution in [0.5, 0.6) is 0 Å². The first-order valence-electron chi connectivity index (χ1n) is 5.78. The van der Waals surface area contributed by atoms with Crippen LogP contribution in [0.4, 0.5) is 0 Å². The van der Waals surface area contributed by atoms with Crippen molar-refractivity contribution < 1.29 is 4.79 Å². The minimum absolute atomic E-state index is 0.148. The average molecular weight is 213 g/mol. The first-order chi connectivity index (χ1) is 7.11. The highest BCUT2D eigenvalue weighted by molar-refractivity contribution is 5.78. The summed E-state index contributed by atoms with van der Waals surface area (Å²) >= 11 is 0. The standard InChI is InChI=1S/C11H23N3O/c1-9(2)13-11(15)8-14-5-4-10(7-14)6-12-3/h9-10,12H,4-8H2,1-3H3,(H,13,15). The van der Waals surface area contributed by atoms with E-state index in [0.29, 0.717) is 12.5 Å². The third-order valence-electron chi connectivity index (χ3n) is 2.68. The fourth-order valence-corrected chi connectivity index (χ4v) is 2.08. The second-order valence-electron chi connectivity index (χ2n) is 4.67. The van der Waals surface area contributed by atoms with Crippen LogP contribution in [0.3, 0.4) is 0 Å². The molecule has 1 heterocycles. The molecule has 1 rings (SSSR count). The molecule has 0 aromatic rings. The summed E-state index contributed by atoms with van der Waals surface area (Å²) in [6.45, 7) is 7.70. The van der Waals surface area contributed by atoms with Gasteiger partial charge in [0.25, 0.3) is 0 Å². The lowest BCUT2D eigenvalue weighted by atomic mass is 10.1. The molecule has 4 heteroatoms. The molecule has 1 aliphatic heterocycles. The van der Waals surface area contributed by atoms with E-state index in [1.807, 2.05) is 20.9 Å². The van der Waals surface area contributed by atoms with E-state index in [1.54, 1.807) is 0 Å². The number of carbonyl (C=O) groups is 1. The van der Waals surface area contributed by atoms with E-state index in [4.69, 9.17) is 0 Å². The highest BCUT2D eigenvalue weighted by Gasteiger charge is 2.23. The van der Waals surface area contributed by atoms with Gasteiger partial charge in [-0.2, -0.15) is 0 Å². The molecule has 0 saturated carbocycles. The van der Waals surface area contributed by atoms with Gasteiger partial charge in [0.1, 0.15) is 0 Å². The number of likely N-dealkylation sites (tertiary alicyclic amines) is 1. The van der Waals surface area contributed by atoms with Crippen molar-refractivity contribution in [2.45, 2.75) is 26.3 Å². The number of hydrogen-bond donors (Lipinski definition) is 2. The third-order valence-corrected chi connectivity index (χ3v) is 2.68. The normalized spacial score (nSPS) is 22.3. The highest BCUT2D eigenvalue weighted by Crippen LogP contribution is 2.14. The van der Waals surface area contributed by atoms with Crippen LogP contribution in [0, 0.1) is 5.92 Å². The number of carbonyl (C=O) groups excluding carboxylic acids is 1. The van der Waals surface area contributed by atoms with Crippen molar-refractivity contribution in [1.82, 2.24) is 15.5 Å². The van der Waals surface area contributed by atoms with Gasteiger partial charge in [0.15, 0.2) is 0 Å². The van der Waals surface area contributed by atoms with E-state index in [0.717, 1.165) is 19.6 Å². The second-order valence-corrected chi connectivity index (χ2v) is 4.67. The summed E-state index contributed by atoms with van der Waals surface area (Å²) in [4.78, 5) is 13.7. The molecule has 0 spiro atoms. The maximum absolute atomic E-state index is 11.5. The smallest absolute Gasteiger partial charge is 0.234 e. The van der Waals surface area contributed by atoms with Crippen molar-refractivity contribution in [3.05, 3.63) is 0 Å². The summed E-state index contributed by atoms with van der Waals surface area (Å²) < 4.78 is 0. The van der Waals surface area contributed by atoms with Gasteiger partial charge in [-0.3, -0.25) is 9.69 Å². The summed E-state index contributed by atoms with van der Waals surface area (Å²) in [6.07, 6.45) is 1.20. The zero-order valence-corrected chi connectivity index (χ0v) is 10.0. The summed E-state index contributed by atoms with van der Waals surface area (Å²) in [7, 11) is 1.98. The van der Waals surface area contributed by atoms with E-state index in [-0.39, 0.29) is 11.9 Å². The van der Waals surface area contributed by atoms with Crippen LogP contribution in [-0.2, 0) is 4.79 Å².